The van der Waals surface area contributed by atoms with Crippen LogP contribution >= 0.6 is 23.2 Å². The molecule has 0 bridgehead atoms. The zero-order valence-corrected chi connectivity index (χ0v) is 12.7. The molecule has 2 aromatic carbocycles. The van der Waals surface area contributed by atoms with Gasteiger partial charge in [-0.3, -0.25) is 4.79 Å². The first-order valence-electron chi connectivity index (χ1n) is 6.20. The molecule has 0 aliphatic heterocycles. The highest BCUT2D eigenvalue weighted by molar-refractivity contribution is 6.36. The average molecular weight is 341 g/mol. The Hall–Kier alpha value is -2.11. The number of benzene rings is 2. The number of hydrogen-bond acceptors (Lipinski definition) is 3. The molecule has 0 atom stereocenters. The maximum absolute atomic E-state index is 12.7. The van der Waals surface area contributed by atoms with E-state index in [2.05, 4.69) is 10.5 Å². The van der Waals surface area contributed by atoms with Crippen molar-refractivity contribution >= 4 is 35.3 Å². The second-order valence-electron chi connectivity index (χ2n) is 4.42. The Morgan fingerprint density at radius 2 is 1.95 bits per heavy atom. The number of phenolic OH excluding ortho intramolecular Hbond substituents is 1. The summed E-state index contributed by atoms with van der Waals surface area (Å²) in [7, 11) is 0. The number of phenols is 1. The maximum Gasteiger partial charge on any atom is 0.244 e. The Bertz CT molecular complexity index is 718. The van der Waals surface area contributed by atoms with Crippen LogP contribution in [0.3, 0.4) is 0 Å². The number of nitrogens with zero attached hydrogens (tertiary/aromatic N) is 1. The quantitative estimate of drug-likeness (QED) is 0.660. The number of carbonyl (C=O) groups excluding carboxylic acids is 1. The van der Waals surface area contributed by atoms with E-state index in [0.717, 1.165) is 0 Å². The smallest absolute Gasteiger partial charge is 0.244 e. The number of rotatable bonds is 4. The lowest BCUT2D eigenvalue weighted by atomic mass is 10.1. The molecular formula is C15H11Cl2FN2O2. The lowest BCUT2D eigenvalue weighted by Gasteiger charge is -2.03. The van der Waals surface area contributed by atoms with Crippen LogP contribution < -0.4 is 5.43 Å². The van der Waals surface area contributed by atoms with Gasteiger partial charge in [-0.15, -0.1) is 0 Å². The summed E-state index contributed by atoms with van der Waals surface area (Å²) in [6, 6.07) is 8.43. The fourth-order valence-electron chi connectivity index (χ4n) is 1.69. The standard InChI is InChI=1S/C15H11Cl2FN2O2/c16-11-6-10(15(22)13(17)7-11)8-19-20-14(21)5-9-1-3-12(18)4-2-9/h1-4,6-8,22H,5H2,(H,20,21). The van der Waals surface area contributed by atoms with Crippen molar-refractivity contribution in [2.45, 2.75) is 6.42 Å². The Labute approximate surface area is 136 Å². The summed E-state index contributed by atoms with van der Waals surface area (Å²) >= 11 is 11.6. The van der Waals surface area contributed by atoms with Crippen molar-refractivity contribution < 1.29 is 14.3 Å². The highest BCUT2D eigenvalue weighted by Gasteiger charge is 2.06. The average Bonchev–Trinajstić information content (AvgIpc) is 2.46. The minimum atomic E-state index is -0.379. The number of carbonyl (C=O) groups is 1. The van der Waals surface area contributed by atoms with Gasteiger partial charge >= 0.3 is 0 Å². The highest BCUT2D eigenvalue weighted by atomic mass is 35.5. The summed E-state index contributed by atoms with van der Waals surface area (Å²) in [5.74, 6) is -0.923. The van der Waals surface area contributed by atoms with Gasteiger partial charge in [-0.2, -0.15) is 5.10 Å². The van der Waals surface area contributed by atoms with Crippen LogP contribution in [0.5, 0.6) is 5.75 Å². The van der Waals surface area contributed by atoms with Gasteiger partial charge in [0.15, 0.2) is 0 Å². The molecule has 4 nitrogen and oxygen atoms in total. The summed E-state index contributed by atoms with van der Waals surface area (Å²) in [6.45, 7) is 0. The predicted molar refractivity (Wildman–Crippen MR) is 84.0 cm³/mol. The van der Waals surface area contributed by atoms with Crippen molar-refractivity contribution in [3.8, 4) is 5.75 Å². The number of hydrogen-bond donors (Lipinski definition) is 2. The van der Waals surface area contributed by atoms with Gasteiger partial charge in [0.05, 0.1) is 17.7 Å². The van der Waals surface area contributed by atoms with Gasteiger partial charge in [0.1, 0.15) is 11.6 Å². The summed E-state index contributed by atoms with van der Waals surface area (Å²) in [5, 5.41) is 13.9. The van der Waals surface area contributed by atoms with Crippen LogP contribution in [0.2, 0.25) is 10.0 Å². The molecule has 2 N–H and O–H groups in total. The molecule has 0 aromatic heterocycles. The third-order valence-corrected chi connectivity index (χ3v) is 3.23. The molecule has 0 spiro atoms. The van der Waals surface area contributed by atoms with Crippen molar-refractivity contribution in [2.75, 3.05) is 0 Å². The van der Waals surface area contributed by atoms with Gasteiger partial charge < -0.3 is 5.11 Å². The molecule has 0 saturated carbocycles. The lowest BCUT2D eigenvalue weighted by Crippen LogP contribution is -2.19. The molecule has 2 aromatic rings. The third-order valence-electron chi connectivity index (χ3n) is 2.73. The van der Waals surface area contributed by atoms with E-state index in [0.29, 0.717) is 10.6 Å². The molecule has 2 rings (SSSR count). The van der Waals surface area contributed by atoms with E-state index < -0.39 is 0 Å². The van der Waals surface area contributed by atoms with E-state index >= 15 is 0 Å². The van der Waals surface area contributed by atoms with Gasteiger partial charge in [-0.05, 0) is 29.8 Å². The van der Waals surface area contributed by atoms with Crippen LogP contribution in [0.1, 0.15) is 11.1 Å². The second-order valence-corrected chi connectivity index (χ2v) is 5.27. The summed E-state index contributed by atoms with van der Waals surface area (Å²) in [6.07, 6.45) is 1.29. The Balaban J connectivity index is 1.97. The van der Waals surface area contributed by atoms with E-state index in [1.54, 1.807) is 0 Å². The monoisotopic (exact) mass is 340 g/mol. The number of halogens is 3. The fourth-order valence-corrected chi connectivity index (χ4v) is 2.19. The van der Waals surface area contributed by atoms with Crippen molar-refractivity contribution in [2.24, 2.45) is 5.10 Å². The zero-order valence-electron chi connectivity index (χ0n) is 11.2. The van der Waals surface area contributed by atoms with E-state index in [1.807, 2.05) is 0 Å². The molecule has 7 heteroatoms. The molecule has 0 heterocycles. The molecule has 22 heavy (non-hydrogen) atoms. The van der Waals surface area contributed by atoms with Gasteiger partial charge in [0.2, 0.25) is 5.91 Å². The number of amides is 1. The molecule has 0 fully saturated rings. The maximum atomic E-state index is 12.7. The lowest BCUT2D eigenvalue weighted by molar-refractivity contribution is -0.120. The summed E-state index contributed by atoms with van der Waals surface area (Å²) in [4.78, 5) is 11.7. The minimum Gasteiger partial charge on any atom is -0.506 e. The summed E-state index contributed by atoms with van der Waals surface area (Å²) in [5.41, 5.74) is 3.23. The zero-order chi connectivity index (χ0) is 16.1. The van der Waals surface area contributed by atoms with Crippen molar-refractivity contribution in [3.05, 3.63) is 63.4 Å². The van der Waals surface area contributed by atoms with Crippen LogP contribution in [-0.4, -0.2) is 17.2 Å². The molecule has 0 unspecified atom stereocenters. The molecule has 1 amide bonds. The number of aromatic hydroxyl groups is 1. The van der Waals surface area contributed by atoms with Crippen LogP contribution in [-0.2, 0) is 11.2 Å². The first-order valence-corrected chi connectivity index (χ1v) is 6.95. The first kappa shape index (κ1) is 16.3. The highest BCUT2D eigenvalue weighted by Crippen LogP contribution is 2.29. The van der Waals surface area contributed by atoms with Crippen LogP contribution in [0.4, 0.5) is 4.39 Å². The fraction of sp³-hybridized carbons (Fsp3) is 0.0667. The topological polar surface area (TPSA) is 61.7 Å². The Morgan fingerprint density at radius 3 is 2.64 bits per heavy atom. The largest absolute Gasteiger partial charge is 0.506 e. The molecule has 0 saturated heterocycles. The van der Waals surface area contributed by atoms with E-state index in [-0.39, 0.29) is 34.5 Å². The number of nitrogens with one attached hydrogen (secondary N) is 1. The molecule has 114 valence electrons. The van der Waals surface area contributed by atoms with Crippen LogP contribution in [0.25, 0.3) is 0 Å². The van der Waals surface area contributed by atoms with Gasteiger partial charge in [-0.1, -0.05) is 35.3 Å². The van der Waals surface area contributed by atoms with Gasteiger partial charge in [0, 0.05) is 10.6 Å². The summed E-state index contributed by atoms with van der Waals surface area (Å²) < 4.78 is 12.7. The second kappa shape index (κ2) is 7.24. The first-order chi connectivity index (χ1) is 10.5. The molecular weight excluding hydrogens is 330 g/mol. The normalized spacial score (nSPS) is 10.9. The Kier molecular flexibility index (Phi) is 5.35. The van der Waals surface area contributed by atoms with Gasteiger partial charge in [-0.25, -0.2) is 9.82 Å². The minimum absolute atomic E-state index is 0.0555. The molecule has 0 radical (unpaired) electrons. The van der Waals surface area contributed by atoms with Crippen LogP contribution in [0.15, 0.2) is 41.5 Å². The molecule has 0 aliphatic carbocycles. The van der Waals surface area contributed by atoms with E-state index in [9.17, 15) is 14.3 Å². The van der Waals surface area contributed by atoms with Crippen molar-refractivity contribution in [1.29, 1.82) is 0 Å². The molecule has 0 aliphatic rings. The van der Waals surface area contributed by atoms with Crippen molar-refractivity contribution in [1.82, 2.24) is 5.43 Å². The van der Waals surface area contributed by atoms with Gasteiger partial charge in [0.25, 0.3) is 0 Å². The van der Waals surface area contributed by atoms with E-state index in [4.69, 9.17) is 23.2 Å². The third kappa shape index (κ3) is 4.44. The Morgan fingerprint density at radius 1 is 1.27 bits per heavy atom. The van der Waals surface area contributed by atoms with Crippen molar-refractivity contribution in [3.63, 3.8) is 0 Å². The predicted octanol–water partition coefficient (Wildman–Crippen LogP) is 3.53. The number of hydrazone groups is 1. The van der Waals surface area contributed by atoms with Crippen LogP contribution in [0, 0.1) is 5.82 Å². The van der Waals surface area contributed by atoms with E-state index in [1.165, 1.54) is 42.6 Å². The SMILES string of the molecule is O=C(Cc1ccc(F)cc1)NN=Cc1cc(Cl)cc(Cl)c1O.